The highest BCUT2D eigenvalue weighted by Crippen LogP contribution is 2.36. The highest BCUT2D eigenvalue weighted by molar-refractivity contribution is 7.46. The van der Waals surface area contributed by atoms with E-state index in [4.69, 9.17) is 34.1 Å². The first-order chi connectivity index (χ1) is 63.6. The van der Waals surface area contributed by atoms with E-state index in [0.717, 1.165) is 11.8 Å². The van der Waals surface area contributed by atoms with Gasteiger partial charge in [0.05, 0.1) is 19.1 Å². The number of likely N-dealkylation sites (tertiary alicyclic amines) is 2. The summed E-state index contributed by atoms with van der Waals surface area (Å²) >= 11 is 0. The van der Waals surface area contributed by atoms with Gasteiger partial charge < -0.3 is 148 Å². The monoisotopic (exact) mass is 1950 g/mol. The Labute approximate surface area is 784 Å². The number of nitrogens with one attached hydrogen (secondary N) is 15. The van der Waals surface area contributed by atoms with Gasteiger partial charge in [-0.25, -0.2) is 9.36 Å². The fourth-order valence-electron chi connectivity index (χ4n) is 14.5. The number of rotatable bonds is 62. The molecule has 136 heavy (non-hydrogen) atoms. The number of primary amides is 2. The van der Waals surface area contributed by atoms with Gasteiger partial charge in [-0.05, 0) is 151 Å². The summed E-state index contributed by atoms with van der Waals surface area (Å²) in [4.78, 5) is 308. The van der Waals surface area contributed by atoms with E-state index in [0.29, 0.717) is 18.4 Å². The number of nitrogens with zero attached hydrogens (tertiary/aromatic N) is 2. The van der Waals surface area contributed by atoms with Crippen molar-refractivity contribution in [3.63, 3.8) is 0 Å². The van der Waals surface area contributed by atoms with Crippen molar-refractivity contribution >= 4 is 138 Å². The quantitative estimate of drug-likeness (QED) is 0.0125. The first kappa shape index (κ1) is 117. The van der Waals surface area contributed by atoms with Gasteiger partial charge in [0.15, 0.2) is 5.96 Å². The maximum atomic E-state index is 14.9. The third-order valence-electron chi connectivity index (χ3n) is 22.2. The van der Waals surface area contributed by atoms with Crippen LogP contribution >= 0.6 is 7.82 Å². The number of phenolic OH excluding ortho intramolecular Hbond substituents is 1. The Morgan fingerprint density at radius 2 is 0.853 bits per heavy atom. The molecular weight excluding hydrogens is 1820 g/mol. The molecule has 0 bridgehead atoms. The molecule has 17 amide bonds. The first-order valence-corrected chi connectivity index (χ1v) is 46.2. The largest absolute Gasteiger partial charge is 0.508 e. The summed E-state index contributed by atoms with van der Waals surface area (Å²) in [6.07, 6.45) is -5.58. The molecule has 0 aliphatic carbocycles. The number of aliphatic carboxylic acids is 4. The number of aromatic hydroxyl groups is 1. The van der Waals surface area contributed by atoms with E-state index in [1.807, 2.05) is 5.32 Å². The van der Waals surface area contributed by atoms with Crippen molar-refractivity contribution in [2.24, 2.45) is 52.3 Å². The number of guanidine groups is 1. The molecule has 762 valence electrons. The van der Waals surface area contributed by atoms with Gasteiger partial charge in [0, 0.05) is 45.3 Å². The molecule has 3 rings (SSSR count). The summed E-state index contributed by atoms with van der Waals surface area (Å²) in [7, 11) is -5.57. The van der Waals surface area contributed by atoms with Crippen LogP contribution in [0.25, 0.3) is 0 Å². The van der Waals surface area contributed by atoms with Crippen LogP contribution in [0.3, 0.4) is 0 Å². The smallest absolute Gasteiger partial charge is 0.469 e. The van der Waals surface area contributed by atoms with E-state index in [2.05, 4.69) is 73.6 Å². The minimum absolute atomic E-state index is 0.00347. The Balaban J connectivity index is 1.89. The molecule has 2 aliphatic rings. The van der Waals surface area contributed by atoms with E-state index < -0.39 is 323 Å². The number of unbranched alkanes of at least 4 members (excludes halogenated alkanes) is 1. The van der Waals surface area contributed by atoms with Crippen molar-refractivity contribution in [2.75, 3.05) is 32.8 Å². The summed E-state index contributed by atoms with van der Waals surface area (Å²) in [5.41, 5.74) is 28.9. The molecule has 32 N–H and O–H groups in total. The maximum Gasteiger partial charge on any atom is 0.469 e. The Kier molecular flexibility index (Phi) is 49.9. The molecule has 2 saturated heterocycles. The van der Waals surface area contributed by atoms with Gasteiger partial charge in [-0.2, -0.15) is 0 Å². The number of phenols is 1. The van der Waals surface area contributed by atoms with Crippen molar-refractivity contribution in [1.29, 1.82) is 5.41 Å². The summed E-state index contributed by atoms with van der Waals surface area (Å²) < 4.78 is 16.5. The number of hydrogen-bond donors (Lipinski definition) is 27. The van der Waals surface area contributed by atoms with Crippen LogP contribution in [0.2, 0.25) is 0 Å². The Hall–Kier alpha value is -12.8. The summed E-state index contributed by atoms with van der Waals surface area (Å²) in [5.74, 6) is -27.6. The predicted octanol–water partition coefficient (Wildman–Crippen LogP) is -6.71. The number of phosphoric ester groups is 1. The SMILES string of the molecule is CC[C@H](C)[C@H](NC(=O)[C@H](CCC(=O)O)NC(=O)[C@H](CC(C)C)NC(=O)[C@H](CCC(N)=O)NC(=O)[C@@H]1CCCN1C(=O)[C@@H](NC(=O)[C@H](CCCCN)NC(=O)[C@@H](N)Cc1ccc(O)cc1)C(C)C)C(=O)N[C@H](C(=O)N1CCC[C@H]1C(=O)N[C@@H](CC(N)=O)C(=O)N[C@@H](COP(=O)(O)O)C(=O)N[C@@H](C)C(=O)N[C@@H](CCC(=O)O)C(=O)N[C@@H](CCC(=O)O)C(=O)N[C@@H](CCCNC(=N)N)C(=O)O)C(C)C. The highest BCUT2D eigenvalue weighted by Gasteiger charge is 2.46. The molecule has 2 aliphatic heterocycles. The molecule has 1 aromatic rings. The second kappa shape index (κ2) is 57.8. The van der Waals surface area contributed by atoms with Crippen LogP contribution in [-0.4, -0.2) is 305 Å². The number of phosphoric acid groups is 1. The van der Waals surface area contributed by atoms with Crippen LogP contribution < -0.4 is 103 Å². The average molecular weight is 1950 g/mol. The van der Waals surface area contributed by atoms with Crippen LogP contribution in [0.1, 0.15) is 196 Å². The van der Waals surface area contributed by atoms with Gasteiger partial charge >= 0.3 is 31.7 Å². The van der Waals surface area contributed by atoms with Crippen LogP contribution in [0, 0.1) is 29.1 Å². The number of benzene rings is 1. The van der Waals surface area contributed by atoms with Gasteiger partial charge in [0.1, 0.15) is 96.4 Å². The zero-order chi connectivity index (χ0) is 103. The minimum atomic E-state index is -5.57. The Morgan fingerprint density at radius 3 is 1.29 bits per heavy atom. The molecule has 52 nitrogen and oxygen atoms in total. The van der Waals surface area contributed by atoms with Crippen molar-refractivity contribution in [3.05, 3.63) is 29.8 Å². The van der Waals surface area contributed by atoms with E-state index in [-0.39, 0.29) is 96.1 Å². The van der Waals surface area contributed by atoms with E-state index in [1.54, 1.807) is 46.8 Å². The lowest BCUT2D eigenvalue weighted by Crippen LogP contribution is -2.62. The minimum Gasteiger partial charge on any atom is -0.508 e. The molecule has 0 saturated carbocycles. The number of carbonyl (C=O) groups excluding carboxylic acids is 17. The molecule has 17 atom stereocenters. The second-order valence-corrected chi connectivity index (χ2v) is 35.7. The average Bonchev–Trinajstić information content (AvgIpc) is 1.62. The molecular formula is C83H135N22O30P. The second-order valence-electron chi connectivity index (χ2n) is 34.5. The molecule has 0 aromatic heterocycles. The number of amides is 17. The van der Waals surface area contributed by atoms with Crippen LogP contribution in [-0.2, 0) is 116 Å². The Morgan fingerprint density at radius 1 is 0.463 bits per heavy atom. The molecule has 1 aromatic carbocycles. The lowest BCUT2D eigenvalue weighted by molar-refractivity contribution is -0.144. The zero-order valence-electron chi connectivity index (χ0n) is 77.5. The van der Waals surface area contributed by atoms with E-state index in [1.165, 1.54) is 37.8 Å². The molecule has 0 radical (unpaired) electrons. The van der Waals surface area contributed by atoms with Crippen LogP contribution in [0.5, 0.6) is 5.75 Å². The van der Waals surface area contributed by atoms with Crippen molar-refractivity contribution in [2.45, 2.75) is 294 Å². The normalized spacial score (nSPS) is 16.9. The fraction of sp³-hybridized carbons (Fsp3) is 0.663. The number of carboxylic acids is 4. The molecule has 2 heterocycles. The van der Waals surface area contributed by atoms with Gasteiger partial charge in [-0.15, -0.1) is 0 Å². The van der Waals surface area contributed by atoms with Crippen LogP contribution in [0.15, 0.2) is 24.3 Å². The van der Waals surface area contributed by atoms with Gasteiger partial charge in [-0.1, -0.05) is 73.9 Å². The van der Waals surface area contributed by atoms with Gasteiger partial charge in [0.25, 0.3) is 0 Å². The number of hydrogen-bond acceptors (Lipinski definition) is 27. The predicted molar refractivity (Wildman–Crippen MR) is 479 cm³/mol. The first-order valence-electron chi connectivity index (χ1n) is 44.6. The van der Waals surface area contributed by atoms with Crippen molar-refractivity contribution in [3.8, 4) is 5.75 Å². The summed E-state index contributed by atoms with van der Waals surface area (Å²) in [6, 6.07) is -20.2. The Bertz CT molecular complexity index is 4430. The summed E-state index contributed by atoms with van der Waals surface area (Å²) in [6.45, 7) is 12.3. The lowest BCUT2D eigenvalue weighted by atomic mass is 9.95. The molecule has 0 spiro atoms. The lowest BCUT2D eigenvalue weighted by Gasteiger charge is -2.33. The molecule has 0 unspecified atom stereocenters. The van der Waals surface area contributed by atoms with Crippen molar-refractivity contribution < 1.29 is 145 Å². The molecule has 53 heteroatoms. The standard InChI is InChI=1S/C83H135N22O30P/c1-10-43(8)66(103-73(121)52(27-31-63(113)114)95-74(122)54(36-40(2)3)98-71(119)49(24-28-59(86)107)96-77(125)57-18-14-34-104(57)80(128)64(41(4)5)101-72(120)48(16-11-12-32-84)93-68(116)47(85)37-45-20-22-46(106)23-21-45)79(127)102-65(42(6)7)81(129)105-35-15-19-58(105)78(126)99-55(38-60(87)108)75(123)100-56(39-135-136(132,133)134)76(124)91-44(9)67(115)92-50(25-29-61(109)110)69(117)94-51(26-30-62(111)112)70(118)97-53(82(130)131)17-13-33-90-83(88)89/h20-23,40-44,47-58,64-66,106H,10-19,24-39,84-85H2,1-9H3,(H2,86,107)(H2,87,108)(H,91,124)(H,92,115)(H,93,116)(H,94,117)(H,95,122)(H,96,125)(H,97,118)(H,98,119)(H,99,126)(H,100,123)(H,101,120)(H,102,127)(H,103,121)(H,109,110)(H,111,112)(H,113,114)(H,130,131)(H4,88,89,90)(H2,132,133,134)/t43-,44-,47-,48-,49-,50-,51-,52-,53-,54-,55-,56-,57-,58-,64-,65-,66-/m0/s1. The van der Waals surface area contributed by atoms with Crippen molar-refractivity contribution in [1.82, 2.24) is 84.2 Å². The number of carbonyl (C=O) groups is 21. The van der Waals surface area contributed by atoms with Gasteiger partial charge in [0.2, 0.25) is 100 Å². The topological polar surface area (TPSA) is 855 Å². The van der Waals surface area contributed by atoms with Crippen LogP contribution in [0.4, 0.5) is 0 Å². The van der Waals surface area contributed by atoms with E-state index >= 15 is 0 Å². The van der Waals surface area contributed by atoms with Gasteiger partial charge in [-0.3, -0.25) is 106 Å². The third-order valence-corrected chi connectivity index (χ3v) is 22.6. The summed E-state index contributed by atoms with van der Waals surface area (Å²) in [5, 5.41) is 89.1. The number of nitrogens with two attached hydrogens (primary N) is 5. The third kappa shape index (κ3) is 41.6. The maximum absolute atomic E-state index is 14.9. The highest BCUT2D eigenvalue weighted by atomic mass is 31.2. The zero-order valence-corrected chi connectivity index (χ0v) is 78.4. The number of carboxylic acid groups (broad SMARTS) is 4. The van der Waals surface area contributed by atoms with E-state index in [9.17, 15) is 141 Å². The molecule has 2 fully saturated rings. The fourth-order valence-corrected chi connectivity index (χ4v) is 14.8.